The second kappa shape index (κ2) is 13.9. The number of amides is 2. The fourth-order valence-corrected chi connectivity index (χ4v) is 6.60. The summed E-state index contributed by atoms with van der Waals surface area (Å²) in [4.78, 5) is 47.5. The normalized spacial score (nSPS) is 18.4. The van der Waals surface area contributed by atoms with E-state index in [2.05, 4.69) is 42.4 Å². The van der Waals surface area contributed by atoms with Gasteiger partial charge in [0, 0.05) is 38.8 Å². The van der Waals surface area contributed by atoms with Gasteiger partial charge in [-0.05, 0) is 62.8 Å². The van der Waals surface area contributed by atoms with E-state index < -0.39 is 11.3 Å². The molecule has 246 valence electrons. The Hall–Kier alpha value is -4.84. The highest BCUT2D eigenvalue weighted by molar-refractivity contribution is 6.04. The molecule has 11 nitrogen and oxygen atoms in total. The van der Waals surface area contributed by atoms with Gasteiger partial charge in [-0.1, -0.05) is 43.3 Å². The van der Waals surface area contributed by atoms with Gasteiger partial charge >= 0.3 is 0 Å². The van der Waals surface area contributed by atoms with Gasteiger partial charge in [0.25, 0.3) is 5.91 Å². The van der Waals surface area contributed by atoms with E-state index in [4.69, 9.17) is 5.73 Å². The van der Waals surface area contributed by atoms with E-state index in [0.717, 1.165) is 18.4 Å². The summed E-state index contributed by atoms with van der Waals surface area (Å²) in [5.41, 5.74) is 8.27. The van der Waals surface area contributed by atoms with Crippen LogP contribution in [0.3, 0.4) is 0 Å². The van der Waals surface area contributed by atoms with Gasteiger partial charge in [0.1, 0.15) is 17.5 Å². The number of H-pyrrole nitrogens is 1. The molecule has 2 amide bonds. The first-order valence-electron chi connectivity index (χ1n) is 16.3. The van der Waals surface area contributed by atoms with Crippen molar-refractivity contribution in [3.05, 3.63) is 83.8 Å². The largest absolute Gasteiger partial charge is 0.367 e. The summed E-state index contributed by atoms with van der Waals surface area (Å²) in [5, 5.41) is 5.99. The number of aryl methyl sites for hydroxylation is 1. The van der Waals surface area contributed by atoms with Crippen molar-refractivity contribution in [3.8, 4) is 11.4 Å². The zero-order valence-electron chi connectivity index (χ0n) is 26.9. The van der Waals surface area contributed by atoms with Crippen LogP contribution in [0.2, 0.25) is 0 Å². The van der Waals surface area contributed by atoms with Crippen molar-refractivity contribution >= 4 is 29.0 Å². The zero-order valence-corrected chi connectivity index (χ0v) is 26.9. The quantitative estimate of drug-likeness (QED) is 0.196. The molecule has 0 radical (unpaired) electrons. The molecule has 0 saturated carbocycles. The van der Waals surface area contributed by atoms with Gasteiger partial charge < -0.3 is 31.2 Å². The summed E-state index contributed by atoms with van der Waals surface area (Å²) in [6.45, 7) is 7.52. The molecule has 0 bridgehead atoms. The molecule has 4 heterocycles. The number of nitrogens with one attached hydrogen (secondary N) is 3. The van der Waals surface area contributed by atoms with Crippen molar-refractivity contribution in [2.45, 2.75) is 46.1 Å². The van der Waals surface area contributed by atoms with E-state index in [1.807, 2.05) is 48.2 Å². The van der Waals surface area contributed by atoms with Crippen LogP contribution in [0.1, 0.15) is 54.6 Å². The lowest BCUT2D eigenvalue weighted by Gasteiger charge is -2.34. The molecule has 2 aliphatic heterocycles. The number of carbonyl (C=O) groups excluding carboxylic acids is 2. The van der Waals surface area contributed by atoms with Crippen LogP contribution < -0.4 is 26.2 Å². The van der Waals surface area contributed by atoms with E-state index in [1.165, 1.54) is 6.07 Å². The van der Waals surface area contributed by atoms with Gasteiger partial charge in [0.05, 0.1) is 34.4 Å². The molecular formula is C35H42FN9O2. The van der Waals surface area contributed by atoms with Crippen LogP contribution >= 0.6 is 0 Å². The molecule has 2 aliphatic rings. The molecule has 2 aromatic carbocycles. The summed E-state index contributed by atoms with van der Waals surface area (Å²) < 4.78 is 15.0. The highest BCUT2D eigenvalue weighted by atomic mass is 19.1. The molecule has 2 fully saturated rings. The Bertz CT molecular complexity index is 1720. The minimum Gasteiger partial charge on any atom is -0.367 e. The smallest absolute Gasteiger partial charge is 0.291 e. The van der Waals surface area contributed by atoms with E-state index in [1.54, 1.807) is 18.3 Å². The van der Waals surface area contributed by atoms with Crippen LogP contribution in [0.4, 0.5) is 21.6 Å². The number of carbonyl (C=O) groups is 2. The standard InChI is InChI=1S/C35H42FN9O2/c1-3-35(34(47)39-20-25-8-5-4-6-9-25)14-17-45(22-35)30-18-28(40-23(2)41-30)29-21-38-32(42-29)33(46)43-27-11-7-10-26(36)31(27)44-15-12-24(19-37)13-16-44/h4-11,18,21,24H,3,12-17,19-20,22,37H2,1-2H3,(H,38,42)(H,39,47)(H,43,46)/t35-/m1/s1. The van der Waals surface area contributed by atoms with Gasteiger partial charge in [-0.3, -0.25) is 9.59 Å². The Balaban J connectivity index is 1.15. The summed E-state index contributed by atoms with van der Waals surface area (Å²) in [6, 6.07) is 16.4. The number of benzene rings is 2. The van der Waals surface area contributed by atoms with Crippen LogP contribution in [0.25, 0.3) is 11.4 Å². The second-order valence-corrected chi connectivity index (χ2v) is 12.5. The molecule has 4 aromatic rings. The average molecular weight is 640 g/mol. The lowest BCUT2D eigenvalue weighted by molar-refractivity contribution is -0.130. The Morgan fingerprint density at radius 2 is 1.85 bits per heavy atom. The Labute approximate surface area is 274 Å². The summed E-state index contributed by atoms with van der Waals surface area (Å²) in [5.74, 6) is 0.943. The fraction of sp³-hybridized carbons (Fsp3) is 0.400. The van der Waals surface area contributed by atoms with E-state index in [-0.39, 0.29) is 17.5 Å². The number of para-hydroxylation sites is 1. The highest BCUT2D eigenvalue weighted by Gasteiger charge is 2.43. The number of nitrogens with two attached hydrogens (primary N) is 1. The summed E-state index contributed by atoms with van der Waals surface area (Å²) in [7, 11) is 0. The topological polar surface area (TPSA) is 145 Å². The first-order chi connectivity index (χ1) is 22.8. The number of hydrogen-bond donors (Lipinski definition) is 4. The molecule has 6 rings (SSSR count). The highest BCUT2D eigenvalue weighted by Crippen LogP contribution is 2.37. The van der Waals surface area contributed by atoms with Gasteiger partial charge in [0.15, 0.2) is 5.82 Å². The van der Waals surface area contributed by atoms with Crippen LogP contribution in [0.5, 0.6) is 0 Å². The Morgan fingerprint density at radius 3 is 2.60 bits per heavy atom. The number of aromatic nitrogens is 4. The number of aromatic amines is 1. The second-order valence-electron chi connectivity index (χ2n) is 12.5. The van der Waals surface area contributed by atoms with Crippen LogP contribution in [0.15, 0.2) is 60.8 Å². The van der Waals surface area contributed by atoms with E-state index in [0.29, 0.717) is 92.4 Å². The molecule has 0 spiro atoms. The van der Waals surface area contributed by atoms with Crippen molar-refractivity contribution in [1.29, 1.82) is 0 Å². The third-order valence-corrected chi connectivity index (χ3v) is 9.52. The molecule has 2 aromatic heterocycles. The minimum atomic E-state index is -0.525. The summed E-state index contributed by atoms with van der Waals surface area (Å²) >= 11 is 0. The van der Waals surface area contributed by atoms with Crippen molar-refractivity contribution in [2.75, 3.05) is 47.8 Å². The molecule has 47 heavy (non-hydrogen) atoms. The number of imidazole rings is 1. The van der Waals surface area contributed by atoms with Gasteiger partial charge in [-0.25, -0.2) is 19.3 Å². The van der Waals surface area contributed by atoms with Gasteiger partial charge in [-0.15, -0.1) is 0 Å². The predicted molar refractivity (Wildman–Crippen MR) is 181 cm³/mol. The van der Waals surface area contributed by atoms with E-state index >= 15 is 4.39 Å². The molecule has 0 aliphatic carbocycles. The van der Waals surface area contributed by atoms with Crippen molar-refractivity contribution in [1.82, 2.24) is 25.3 Å². The minimum absolute atomic E-state index is 0.0445. The molecule has 5 N–H and O–H groups in total. The van der Waals surface area contributed by atoms with Crippen LogP contribution in [-0.4, -0.2) is 64.5 Å². The lowest BCUT2D eigenvalue weighted by Crippen LogP contribution is -2.42. The predicted octanol–water partition coefficient (Wildman–Crippen LogP) is 4.66. The summed E-state index contributed by atoms with van der Waals surface area (Å²) in [6.07, 6.45) is 4.72. The average Bonchev–Trinajstić information content (AvgIpc) is 3.77. The lowest BCUT2D eigenvalue weighted by atomic mass is 9.83. The van der Waals surface area contributed by atoms with Gasteiger partial charge in [-0.2, -0.15) is 0 Å². The maximum atomic E-state index is 15.0. The first-order valence-corrected chi connectivity index (χ1v) is 16.3. The monoisotopic (exact) mass is 639 g/mol. The molecule has 0 unspecified atom stereocenters. The van der Waals surface area contributed by atoms with Gasteiger partial charge in [0.2, 0.25) is 5.91 Å². The van der Waals surface area contributed by atoms with Crippen molar-refractivity contribution < 1.29 is 14.0 Å². The maximum Gasteiger partial charge on any atom is 0.291 e. The fourth-order valence-electron chi connectivity index (χ4n) is 6.60. The number of nitrogens with zero attached hydrogens (tertiary/aromatic N) is 5. The number of hydrogen-bond acceptors (Lipinski definition) is 8. The zero-order chi connectivity index (χ0) is 33.0. The molecule has 2 saturated heterocycles. The molecule has 1 atom stereocenters. The Kier molecular flexibility index (Phi) is 9.48. The van der Waals surface area contributed by atoms with Crippen LogP contribution in [-0.2, 0) is 11.3 Å². The van der Waals surface area contributed by atoms with Crippen molar-refractivity contribution in [3.63, 3.8) is 0 Å². The number of anilines is 3. The van der Waals surface area contributed by atoms with Crippen molar-refractivity contribution in [2.24, 2.45) is 17.1 Å². The third-order valence-electron chi connectivity index (χ3n) is 9.52. The number of rotatable bonds is 10. The first kappa shape index (κ1) is 32.1. The number of piperidine rings is 1. The maximum absolute atomic E-state index is 15.0. The van der Waals surface area contributed by atoms with Crippen LogP contribution in [0, 0.1) is 24.1 Å². The number of halogens is 1. The SMILES string of the molecule is CC[C@@]1(C(=O)NCc2ccccc2)CCN(c2cc(-c3cnc(C(=O)Nc4cccc(F)c4N4CCC(CN)CC4)[nH]3)nc(C)n2)C1. The molecule has 12 heteroatoms. The Morgan fingerprint density at radius 1 is 1.06 bits per heavy atom. The molecular weight excluding hydrogens is 597 g/mol. The van der Waals surface area contributed by atoms with E-state index in [9.17, 15) is 9.59 Å². The third kappa shape index (κ3) is 6.97.